The first kappa shape index (κ1) is 21.6. The molecule has 4 aromatic rings. The van der Waals surface area contributed by atoms with Crippen LogP contribution in [0.1, 0.15) is 37.3 Å². The van der Waals surface area contributed by atoms with E-state index in [0.717, 1.165) is 43.4 Å². The number of rotatable bonds is 5. The maximum absolute atomic E-state index is 6.58. The van der Waals surface area contributed by atoms with Gasteiger partial charge in [-0.3, -0.25) is 0 Å². The van der Waals surface area contributed by atoms with Gasteiger partial charge in [0.1, 0.15) is 5.69 Å². The van der Waals surface area contributed by atoms with Gasteiger partial charge in [-0.15, -0.1) is 11.3 Å². The maximum Gasteiger partial charge on any atom is 0.108 e. The molecule has 0 aliphatic rings. The van der Waals surface area contributed by atoms with Crippen LogP contribution in [0.25, 0.3) is 27.5 Å². The molecule has 2 aromatic heterocycles. The molecule has 0 bridgehead atoms. The van der Waals surface area contributed by atoms with Crippen LogP contribution >= 0.6 is 50.5 Å². The summed E-state index contributed by atoms with van der Waals surface area (Å²) < 4.78 is 2.97. The molecule has 0 amide bonds. The minimum Gasteiger partial charge on any atom is -0.249 e. The van der Waals surface area contributed by atoms with Gasteiger partial charge >= 0.3 is 0 Å². The first-order valence-corrected chi connectivity index (χ1v) is 12.0. The van der Waals surface area contributed by atoms with E-state index in [1.54, 1.807) is 17.4 Å². The minimum atomic E-state index is 0.382. The number of thiazole rings is 1. The van der Waals surface area contributed by atoms with Crippen molar-refractivity contribution in [1.29, 1.82) is 0 Å². The minimum absolute atomic E-state index is 0.382. The molecule has 0 radical (unpaired) electrons. The summed E-state index contributed by atoms with van der Waals surface area (Å²) in [5, 5.41) is 7.30. The third kappa shape index (κ3) is 4.09. The lowest BCUT2D eigenvalue weighted by Gasteiger charge is -2.11. The van der Waals surface area contributed by atoms with Gasteiger partial charge in [-0.05, 0) is 36.8 Å². The van der Waals surface area contributed by atoms with Crippen LogP contribution in [0, 0.1) is 0 Å². The molecule has 3 nitrogen and oxygen atoms in total. The van der Waals surface area contributed by atoms with Gasteiger partial charge in [-0.25, -0.2) is 9.67 Å². The molecule has 2 aromatic carbocycles. The number of aromatic nitrogens is 3. The second kappa shape index (κ2) is 8.83. The number of hydrogen-bond acceptors (Lipinski definition) is 3. The van der Waals surface area contributed by atoms with E-state index in [0.29, 0.717) is 16.0 Å². The van der Waals surface area contributed by atoms with Gasteiger partial charge in [-0.1, -0.05) is 72.0 Å². The molecule has 2 heterocycles. The van der Waals surface area contributed by atoms with E-state index in [1.807, 2.05) is 35.1 Å². The van der Waals surface area contributed by atoms with Crippen molar-refractivity contribution in [3.05, 3.63) is 73.8 Å². The third-order valence-electron chi connectivity index (χ3n) is 4.84. The normalized spacial score (nSPS) is 11.4. The lowest BCUT2D eigenvalue weighted by atomic mass is 10.0. The number of hydrogen-bond donors (Lipinski definition) is 0. The van der Waals surface area contributed by atoms with Gasteiger partial charge < -0.3 is 0 Å². The molecular formula is C23H20BrCl2N3S. The van der Waals surface area contributed by atoms with Crippen molar-refractivity contribution >= 4 is 50.5 Å². The first-order chi connectivity index (χ1) is 14.4. The second-order valence-corrected chi connectivity index (χ2v) is 10.1. The van der Waals surface area contributed by atoms with Gasteiger partial charge in [0.25, 0.3) is 0 Å². The summed E-state index contributed by atoms with van der Waals surface area (Å²) in [4.78, 5) is 5.68. The standard InChI is InChI=1S/C23H20BrCl2N3S/c1-4-17-21(20-12-27-23(30-20)13(2)3)28-29(19-10-9-16(25)11-18(19)26)22(17)14-5-7-15(24)8-6-14/h5-13H,4H2,1-3H3. The molecule has 0 spiro atoms. The van der Waals surface area contributed by atoms with Crippen LogP contribution in [0.2, 0.25) is 10.0 Å². The summed E-state index contributed by atoms with van der Waals surface area (Å²) in [5.41, 5.74) is 5.03. The van der Waals surface area contributed by atoms with Crippen molar-refractivity contribution in [3.63, 3.8) is 0 Å². The maximum atomic E-state index is 6.58. The SMILES string of the molecule is CCc1c(-c2cnc(C(C)C)s2)nn(-c2ccc(Cl)cc2Cl)c1-c1ccc(Br)cc1. The van der Waals surface area contributed by atoms with E-state index in [-0.39, 0.29) is 0 Å². The van der Waals surface area contributed by atoms with E-state index in [2.05, 4.69) is 53.8 Å². The monoisotopic (exact) mass is 519 g/mol. The molecule has 0 atom stereocenters. The third-order valence-corrected chi connectivity index (χ3v) is 7.21. The van der Waals surface area contributed by atoms with Gasteiger partial charge in [0.05, 0.1) is 26.3 Å². The Labute approximate surface area is 198 Å². The summed E-state index contributed by atoms with van der Waals surface area (Å²) in [6, 6.07) is 13.8. The molecule has 7 heteroatoms. The Bertz CT molecular complexity index is 1200. The van der Waals surface area contributed by atoms with E-state index < -0.39 is 0 Å². The number of benzene rings is 2. The zero-order valence-electron chi connectivity index (χ0n) is 16.8. The van der Waals surface area contributed by atoms with Crippen molar-refractivity contribution in [2.45, 2.75) is 33.1 Å². The quantitative estimate of drug-likeness (QED) is 0.264. The Morgan fingerprint density at radius 1 is 1.10 bits per heavy atom. The van der Waals surface area contributed by atoms with Gasteiger partial charge in [0.15, 0.2) is 0 Å². The summed E-state index contributed by atoms with van der Waals surface area (Å²) in [6.45, 7) is 6.46. The largest absolute Gasteiger partial charge is 0.249 e. The number of halogens is 3. The summed E-state index contributed by atoms with van der Waals surface area (Å²) in [5.74, 6) is 0.382. The Hall–Kier alpha value is -1.66. The Morgan fingerprint density at radius 2 is 1.83 bits per heavy atom. The van der Waals surface area contributed by atoms with Gasteiger partial charge in [0, 0.05) is 32.7 Å². The zero-order chi connectivity index (χ0) is 21.4. The predicted octanol–water partition coefficient (Wildman–Crippen LogP) is 8.42. The van der Waals surface area contributed by atoms with Crippen molar-refractivity contribution in [2.24, 2.45) is 0 Å². The Balaban J connectivity index is 2.00. The van der Waals surface area contributed by atoms with Gasteiger partial charge in [-0.2, -0.15) is 5.10 Å². The number of nitrogens with zero attached hydrogens (tertiary/aromatic N) is 3. The fourth-order valence-electron chi connectivity index (χ4n) is 3.38. The van der Waals surface area contributed by atoms with Crippen molar-refractivity contribution in [3.8, 4) is 27.5 Å². The molecule has 154 valence electrons. The van der Waals surface area contributed by atoms with Crippen LogP contribution in [0.5, 0.6) is 0 Å². The van der Waals surface area contributed by atoms with Crippen molar-refractivity contribution in [2.75, 3.05) is 0 Å². The molecule has 4 rings (SSSR count). The van der Waals surface area contributed by atoms with Gasteiger partial charge in [0.2, 0.25) is 0 Å². The highest BCUT2D eigenvalue weighted by Gasteiger charge is 2.23. The molecule has 30 heavy (non-hydrogen) atoms. The fourth-order valence-corrected chi connectivity index (χ4v) is 5.06. The smallest absolute Gasteiger partial charge is 0.108 e. The molecule has 0 saturated heterocycles. The molecule has 0 N–H and O–H groups in total. The summed E-state index contributed by atoms with van der Waals surface area (Å²) >= 11 is 18.0. The summed E-state index contributed by atoms with van der Waals surface area (Å²) in [7, 11) is 0. The highest BCUT2D eigenvalue weighted by molar-refractivity contribution is 9.10. The predicted molar refractivity (Wildman–Crippen MR) is 131 cm³/mol. The average molecular weight is 521 g/mol. The molecular weight excluding hydrogens is 501 g/mol. The average Bonchev–Trinajstić information content (AvgIpc) is 3.33. The molecule has 0 aliphatic heterocycles. The Morgan fingerprint density at radius 3 is 2.43 bits per heavy atom. The van der Waals surface area contributed by atoms with Crippen LogP contribution in [0.4, 0.5) is 0 Å². The lowest BCUT2D eigenvalue weighted by molar-refractivity contribution is 0.852. The van der Waals surface area contributed by atoms with E-state index in [9.17, 15) is 0 Å². The molecule has 0 fully saturated rings. The van der Waals surface area contributed by atoms with Crippen LogP contribution in [-0.4, -0.2) is 14.8 Å². The van der Waals surface area contributed by atoms with Crippen LogP contribution in [0.3, 0.4) is 0 Å². The zero-order valence-corrected chi connectivity index (χ0v) is 20.7. The molecule has 0 unspecified atom stereocenters. The highest BCUT2D eigenvalue weighted by Crippen LogP contribution is 2.39. The van der Waals surface area contributed by atoms with E-state index in [1.165, 1.54) is 5.56 Å². The van der Waals surface area contributed by atoms with E-state index in [4.69, 9.17) is 28.3 Å². The molecule has 0 aliphatic carbocycles. The first-order valence-electron chi connectivity index (χ1n) is 9.68. The van der Waals surface area contributed by atoms with Crippen LogP contribution < -0.4 is 0 Å². The van der Waals surface area contributed by atoms with Crippen LogP contribution in [0.15, 0.2) is 53.1 Å². The van der Waals surface area contributed by atoms with E-state index >= 15 is 0 Å². The Kier molecular flexibility index (Phi) is 6.35. The van der Waals surface area contributed by atoms with Crippen LogP contribution in [-0.2, 0) is 6.42 Å². The highest BCUT2D eigenvalue weighted by atomic mass is 79.9. The summed E-state index contributed by atoms with van der Waals surface area (Å²) in [6.07, 6.45) is 2.77. The molecule has 0 saturated carbocycles. The second-order valence-electron chi connectivity index (χ2n) is 7.26. The lowest BCUT2D eigenvalue weighted by Crippen LogP contribution is -2.01. The fraction of sp³-hybridized carbons (Fsp3) is 0.217. The van der Waals surface area contributed by atoms with Crippen molar-refractivity contribution < 1.29 is 0 Å². The topological polar surface area (TPSA) is 30.7 Å². The van der Waals surface area contributed by atoms with Crippen molar-refractivity contribution in [1.82, 2.24) is 14.8 Å².